The molecule has 6 heteroatoms. The number of para-hydroxylation sites is 1. The number of tetrazole rings is 1. The van der Waals surface area contributed by atoms with E-state index in [1.165, 1.54) is 4.68 Å². The Morgan fingerprint density at radius 2 is 2.14 bits per heavy atom. The van der Waals surface area contributed by atoms with Crippen molar-refractivity contribution >= 4 is 22.6 Å². The maximum absolute atomic E-state index is 5.50. The number of hydrogen-bond acceptors (Lipinski definition) is 4. The monoisotopic (exact) mass is 302 g/mol. The molecule has 0 unspecified atom stereocenters. The minimum absolute atomic E-state index is 0.383. The van der Waals surface area contributed by atoms with E-state index in [-0.39, 0.29) is 0 Å². The van der Waals surface area contributed by atoms with Gasteiger partial charge in [0.05, 0.1) is 3.57 Å². The van der Waals surface area contributed by atoms with Gasteiger partial charge in [0.25, 0.3) is 0 Å². The number of hydrogen-bond donors (Lipinski definition) is 0. The van der Waals surface area contributed by atoms with Crippen molar-refractivity contribution in [1.29, 1.82) is 0 Å². The van der Waals surface area contributed by atoms with Crippen LogP contribution in [0.2, 0.25) is 0 Å². The molecule has 0 amide bonds. The van der Waals surface area contributed by atoms with Crippen LogP contribution >= 0.6 is 22.6 Å². The first-order valence-corrected chi connectivity index (χ1v) is 5.00. The SMILES string of the molecule is Cn1nnnc1Oc1ccccc1I. The molecule has 0 saturated carbocycles. The highest BCUT2D eigenvalue weighted by Crippen LogP contribution is 2.23. The largest absolute Gasteiger partial charge is 0.422 e. The van der Waals surface area contributed by atoms with Crippen LogP contribution in [0.15, 0.2) is 24.3 Å². The van der Waals surface area contributed by atoms with E-state index in [2.05, 4.69) is 38.1 Å². The first-order valence-electron chi connectivity index (χ1n) is 3.92. The maximum atomic E-state index is 5.50. The standard InChI is InChI=1S/C8H7IN4O/c1-13-8(10-11-12-13)14-7-5-3-2-4-6(7)9/h2-5H,1H3. The van der Waals surface area contributed by atoms with Gasteiger partial charge in [-0.05, 0) is 45.2 Å². The van der Waals surface area contributed by atoms with Gasteiger partial charge in [0, 0.05) is 7.05 Å². The highest BCUT2D eigenvalue weighted by molar-refractivity contribution is 14.1. The molecule has 14 heavy (non-hydrogen) atoms. The van der Waals surface area contributed by atoms with Crippen LogP contribution in [0.25, 0.3) is 0 Å². The van der Waals surface area contributed by atoms with Gasteiger partial charge in [0.1, 0.15) is 5.75 Å². The lowest BCUT2D eigenvalue weighted by Gasteiger charge is -2.03. The normalized spacial score (nSPS) is 10.1. The van der Waals surface area contributed by atoms with Crippen LogP contribution in [0.5, 0.6) is 11.8 Å². The van der Waals surface area contributed by atoms with Gasteiger partial charge in [-0.2, -0.15) is 4.68 Å². The lowest BCUT2D eigenvalue weighted by Crippen LogP contribution is -1.96. The predicted molar refractivity (Wildman–Crippen MR) is 58.0 cm³/mol. The fraction of sp³-hybridized carbons (Fsp3) is 0.125. The Morgan fingerprint density at radius 3 is 2.79 bits per heavy atom. The van der Waals surface area contributed by atoms with Crippen molar-refractivity contribution in [3.05, 3.63) is 27.8 Å². The Balaban J connectivity index is 2.28. The quantitative estimate of drug-likeness (QED) is 0.791. The molecule has 2 aromatic rings. The summed E-state index contributed by atoms with van der Waals surface area (Å²) in [7, 11) is 1.73. The fourth-order valence-electron chi connectivity index (χ4n) is 0.934. The van der Waals surface area contributed by atoms with Crippen molar-refractivity contribution in [1.82, 2.24) is 20.2 Å². The number of aromatic nitrogens is 4. The summed E-state index contributed by atoms with van der Waals surface area (Å²) in [4.78, 5) is 0. The zero-order valence-corrected chi connectivity index (χ0v) is 9.54. The lowest BCUT2D eigenvalue weighted by atomic mass is 10.3. The van der Waals surface area contributed by atoms with Gasteiger partial charge in [-0.25, -0.2) is 0 Å². The number of halogens is 1. The van der Waals surface area contributed by atoms with E-state index in [9.17, 15) is 0 Å². The van der Waals surface area contributed by atoms with Crippen LogP contribution in [0.4, 0.5) is 0 Å². The van der Waals surface area contributed by atoms with E-state index in [1.807, 2.05) is 24.3 Å². The second kappa shape index (κ2) is 3.91. The second-order valence-electron chi connectivity index (χ2n) is 2.62. The third kappa shape index (κ3) is 1.84. The molecule has 0 bridgehead atoms. The van der Waals surface area contributed by atoms with E-state index in [4.69, 9.17) is 4.74 Å². The Kier molecular flexibility index (Phi) is 2.62. The first kappa shape index (κ1) is 9.38. The van der Waals surface area contributed by atoms with Gasteiger partial charge < -0.3 is 4.74 Å². The van der Waals surface area contributed by atoms with Gasteiger partial charge >= 0.3 is 6.01 Å². The Hall–Kier alpha value is -1.18. The third-order valence-corrected chi connectivity index (χ3v) is 2.51. The Labute approximate surface area is 94.2 Å². The summed E-state index contributed by atoms with van der Waals surface area (Å²) < 4.78 is 8.00. The van der Waals surface area contributed by atoms with Gasteiger partial charge in [-0.15, -0.1) is 0 Å². The number of benzene rings is 1. The molecule has 0 aliphatic carbocycles. The third-order valence-electron chi connectivity index (χ3n) is 1.62. The summed E-state index contributed by atoms with van der Waals surface area (Å²) in [6.07, 6.45) is 0. The summed E-state index contributed by atoms with van der Waals surface area (Å²) in [5.74, 6) is 0.756. The van der Waals surface area contributed by atoms with Crippen LogP contribution in [0, 0.1) is 3.57 Å². The molecule has 0 N–H and O–H groups in total. The van der Waals surface area contributed by atoms with Crippen molar-refractivity contribution in [2.75, 3.05) is 0 Å². The lowest BCUT2D eigenvalue weighted by molar-refractivity contribution is 0.412. The molecule has 0 atom stereocenters. The molecule has 1 aromatic carbocycles. The predicted octanol–water partition coefficient (Wildman–Crippen LogP) is 1.61. The Morgan fingerprint density at radius 1 is 1.36 bits per heavy atom. The summed E-state index contributed by atoms with van der Waals surface area (Å²) in [5, 5.41) is 10.9. The average Bonchev–Trinajstić information content (AvgIpc) is 2.56. The molecule has 0 aliphatic heterocycles. The molecule has 0 aliphatic rings. The second-order valence-corrected chi connectivity index (χ2v) is 3.78. The van der Waals surface area contributed by atoms with Crippen LogP contribution in [0.3, 0.4) is 0 Å². The van der Waals surface area contributed by atoms with Gasteiger partial charge in [0.2, 0.25) is 0 Å². The first-order chi connectivity index (χ1) is 6.77. The molecule has 1 heterocycles. The molecular weight excluding hydrogens is 295 g/mol. The zero-order chi connectivity index (χ0) is 9.97. The highest BCUT2D eigenvalue weighted by atomic mass is 127. The number of ether oxygens (including phenoxy) is 1. The van der Waals surface area contributed by atoms with E-state index in [0.29, 0.717) is 6.01 Å². The summed E-state index contributed by atoms with van der Waals surface area (Å²) in [6.45, 7) is 0. The average molecular weight is 302 g/mol. The topological polar surface area (TPSA) is 52.8 Å². The fourth-order valence-corrected chi connectivity index (χ4v) is 1.43. The van der Waals surface area contributed by atoms with Gasteiger partial charge in [-0.3, -0.25) is 0 Å². The van der Waals surface area contributed by atoms with Gasteiger partial charge in [0.15, 0.2) is 0 Å². The molecular formula is C8H7IN4O. The van der Waals surface area contributed by atoms with Crippen LogP contribution in [0.1, 0.15) is 0 Å². The van der Waals surface area contributed by atoms with Crippen molar-refractivity contribution in [3.8, 4) is 11.8 Å². The summed E-state index contributed by atoms with van der Waals surface area (Å²) in [5.41, 5.74) is 0. The smallest absolute Gasteiger partial charge is 0.340 e. The van der Waals surface area contributed by atoms with E-state index >= 15 is 0 Å². The number of nitrogens with zero attached hydrogens (tertiary/aromatic N) is 4. The molecule has 0 saturated heterocycles. The maximum Gasteiger partial charge on any atom is 0.340 e. The van der Waals surface area contributed by atoms with Crippen molar-refractivity contribution < 1.29 is 4.74 Å². The summed E-state index contributed by atoms with van der Waals surface area (Å²) >= 11 is 2.19. The van der Waals surface area contributed by atoms with Crippen LogP contribution in [-0.2, 0) is 7.05 Å². The molecule has 0 fully saturated rings. The van der Waals surface area contributed by atoms with Crippen molar-refractivity contribution in [2.45, 2.75) is 0 Å². The van der Waals surface area contributed by atoms with Crippen molar-refractivity contribution in [3.63, 3.8) is 0 Å². The van der Waals surface area contributed by atoms with Crippen LogP contribution < -0.4 is 4.74 Å². The molecule has 0 spiro atoms. The highest BCUT2D eigenvalue weighted by Gasteiger charge is 2.06. The van der Waals surface area contributed by atoms with E-state index in [0.717, 1.165) is 9.32 Å². The van der Waals surface area contributed by atoms with E-state index < -0.39 is 0 Å². The Bertz CT molecular complexity index is 442. The van der Waals surface area contributed by atoms with E-state index in [1.54, 1.807) is 7.05 Å². The minimum atomic E-state index is 0.383. The molecule has 0 radical (unpaired) electrons. The number of rotatable bonds is 2. The van der Waals surface area contributed by atoms with Crippen molar-refractivity contribution in [2.24, 2.45) is 7.05 Å². The molecule has 72 valence electrons. The molecule has 5 nitrogen and oxygen atoms in total. The minimum Gasteiger partial charge on any atom is -0.422 e. The molecule has 1 aromatic heterocycles. The van der Waals surface area contributed by atoms with Crippen LogP contribution in [-0.4, -0.2) is 20.2 Å². The molecule has 2 rings (SSSR count). The number of aryl methyl sites for hydroxylation is 1. The summed E-state index contributed by atoms with van der Waals surface area (Å²) in [6, 6.07) is 8.06. The van der Waals surface area contributed by atoms with Gasteiger partial charge in [-0.1, -0.05) is 17.2 Å². The zero-order valence-electron chi connectivity index (χ0n) is 7.38.